The van der Waals surface area contributed by atoms with Crippen molar-refractivity contribution < 1.29 is 14.3 Å². The van der Waals surface area contributed by atoms with E-state index in [0.29, 0.717) is 32.1 Å². The summed E-state index contributed by atoms with van der Waals surface area (Å²) in [5.74, 6) is 0.579. The van der Waals surface area contributed by atoms with Crippen LogP contribution < -0.4 is 4.90 Å². The minimum Gasteiger partial charge on any atom is -0.377 e. The van der Waals surface area contributed by atoms with Crippen LogP contribution in [0.25, 0.3) is 0 Å². The molecule has 2 aromatic heterocycles. The van der Waals surface area contributed by atoms with Crippen LogP contribution in [0.5, 0.6) is 0 Å². The smallest absolute Gasteiger partial charge is 0.254 e. The molecule has 2 aliphatic heterocycles. The highest BCUT2D eigenvalue weighted by Gasteiger charge is 2.43. The van der Waals surface area contributed by atoms with Crippen LogP contribution in [0.1, 0.15) is 5.69 Å². The number of rotatable bonds is 3. The van der Waals surface area contributed by atoms with E-state index in [1.165, 1.54) is 0 Å². The molecule has 0 bridgehead atoms. The third-order valence-corrected chi connectivity index (χ3v) is 4.72. The van der Waals surface area contributed by atoms with E-state index in [4.69, 9.17) is 9.47 Å². The molecular weight excluding hydrogens is 332 g/mol. The van der Waals surface area contributed by atoms with Crippen LogP contribution in [0, 0.1) is 0 Å². The molecule has 26 heavy (non-hydrogen) atoms. The van der Waals surface area contributed by atoms with Crippen LogP contribution in [0.4, 0.5) is 5.82 Å². The molecule has 7 nitrogen and oxygen atoms in total. The first-order chi connectivity index (χ1) is 12.7. The Bertz CT molecular complexity index is 743. The van der Waals surface area contributed by atoms with Crippen molar-refractivity contribution in [2.24, 2.45) is 0 Å². The van der Waals surface area contributed by atoms with Gasteiger partial charge in [0.2, 0.25) is 0 Å². The van der Waals surface area contributed by atoms with Crippen LogP contribution >= 0.6 is 0 Å². The zero-order valence-electron chi connectivity index (χ0n) is 14.6. The van der Waals surface area contributed by atoms with Gasteiger partial charge in [-0.1, -0.05) is 12.1 Å². The van der Waals surface area contributed by atoms with Gasteiger partial charge in [0.1, 0.15) is 18.0 Å². The number of amides is 1. The van der Waals surface area contributed by atoms with E-state index < -0.39 is 5.60 Å². The average Bonchev–Trinajstić information content (AvgIpc) is 2.88. The number of hydrogen-bond donors (Lipinski definition) is 0. The first-order valence-corrected chi connectivity index (χ1v) is 8.80. The Balaban J connectivity index is 1.53. The summed E-state index contributed by atoms with van der Waals surface area (Å²) in [5.41, 5.74) is 0.453. The SMILES string of the molecule is O=C1CO[C@]2(COCCN(Cc3ccccn3)C2)CN1c1ccccn1. The zero-order valence-corrected chi connectivity index (χ0v) is 14.6. The van der Waals surface area contributed by atoms with E-state index in [1.807, 2.05) is 36.4 Å². The third-order valence-electron chi connectivity index (χ3n) is 4.72. The third kappa shape index (κ3) is 3.75. The Morgan fingerprint density at radius 2 is 1.92 bits per heavy atom. The van der Waals surface area contributed by atoms with Crippen LogP contribution in [0.15, 0.2) is 48.8 Å². The van der Waals surface area contributed by atoms with Gasteiger partial charge in [-0.15, -0.1) is 0 Å². The number of carbonyl (C=O) groups is 1. The topological polar surface area (TPSA) is 67.8 Å². The number of carbonyl (C=O) groups excluding carboxylic acids is 1. The number of pyridine rings is 2. The van der Waals surface area contributed by atoms with Gasteiger partial charge in [-0.25, -0.2) is 4.98 Å². The number of anilines is 1. The molecule has 0 radical (unpaired) electrons. The Labute approximate surface area is 152 Å². The van der Waals surface area contributed by atoms with E-state index in [-0.39, 0.29) is 12.5 Å². The van der Waals surface area contributed by atoms with Crippen molar-refractivity contribution in [1.29, 1.82) is 0 Å². The van der Waals surface area contributed by atoms with E-state index in [9.17, 15) is 4.79 Å². The van der Waals surface area contributed by atoms with Crippen molar-refractivity contribution >= 4 is 11.7 Å². The van der Waals surface area contributed by atoms with Crippen LogP contribution in [0.2, 0.25) is 0 Å². The molecule has 1 atom stereocenters. The molecule has 1 spiro atoms. The summed E-state index contributed by atoms with van der Waals surface area (Å²) in [5, 5.41) is 0. The van der Waals surface area contributed by atoms with Crippen molar-refractivity contribution in [3.8, 4) is 0 Å². The van der Waals surface area contributed by atoms with Gasteiger partial charge in [-0.3, -0.25) is 19.6 Å². The number of nitrogens with zero attached hydrogens (tertiary/aromatic N) is 4. The molecule has 2 saturated heterocycles. The van der Waals surface area contributed by atoms with Gasteiger partial charge in [0.05, 0.1) is 25.5 Å². The van der Waals surface area contributed by atoms with Crippen molar-refractivity contribution in [1.82, 2.24) is 14.9 Å². The second kappa shape index (κ2) is 7.49. The predicted molar refractivity (Wildman–Crippen MR) is 95.6 cm³/mol. The highest BCUT2D eigenvalue weighted by Crippen LogP contribution is 2.26. The summed E-state index contributed by atoms with van der Waals surface area (Å²) >= 11 is 0. The molecule has 7 heteroatoms. The lowest BCUT2D eigenvalue weighted by Crippen LogP contribution is -2.60. The van der Waals surface area contributed by atoms with Gasteiger partial charge >= 0.3 is 0 Å². The summed E-state index contributed by atoms with van der Waals surface area (Å²) in [6.07, 6.45) is 3.50. The van der Waals surface area contributed by atoms with Crippen LogP contribution in [-0.4, -0.2) is 65.8 Å². The van der Waals surface area contributed by atoms with Gasteiger partial charge in [0, 0.05) is 32.0 Å². The maximum atomic E-state index is 12.4. The molecule has 0 aromatic carbocycles. The molecule has 2 aromatic rings. The molecule has 136 valence electrons. The van der Waals surface area contributed by atoms with Crippen molar-refractivity contribution in [3.05, 3.63) is 54.5 Å². The monoisotopic (exact) mass is 354 g/mol. The Morgan fingerprint density at radius 1 is 1.08 bits per heavy atom. The largest absolute Gasteiger partial charge is 0.377 e. The molecule has 2 fully saturated rings. The normalized spacial score (nSPS) is 24.6. The van der Waals surface area contributed by atoms with E-state index in [0.717, 1.165) is 18.8 Å². The highest BCUT2D eigenvalue weighted by molar-refractivity contribution is 5.94. The second-order valence-corrected chi connectivity index (χ2v) is 6.72. The Kier molecular flexibility index (Phi) is 4.92. The Hall–Kier alpha value is -2.35. The minimum atomic E-state index is -0.559. The second-order valence-electron chi connectivity index (χ2n) is 6.72. The number of morpholine rings is 1. The highest BCUT2D eigenvalue weighted by atomic mass is 16.6. The number of hydrogen-bond acceptors (Lipinski definition) is 6. The first kappa shape index (κ1) is 17.1. The summed E-state index contributed by atoms with van der Waals surface area (Å²) in [6, 6.07) is 11.5. The number of aromatic nitrogens is 2. The van der Waals surface area contributed by atoms with Gasteiger partial charge in [-0.2, -0.15) is 0 Å². The summed E-state index contributed by atoms with van der Waals surface area (Å²) in [6.45, 7) is 3.78. The van der Waals surface area contributed by atoms with Crippen molar-refractivity contribution in [2.75, 3.05) is 44.4 Å². The number of ether oxygens (including phenoxy) is 2. The van der Waals surface area contributed by atoms with Crippen molar-refractivity contribution in [3.63, 3.8) is 0 Å². The maximum absolute atomic E-state index is 12.4. The Morgan fingerprint density at radius 3 is 2.69 bits per heavy atom. The fraction of sp³-hybridized carbons (Fsp3) is 0.421. The molecule has 0 saturated carbocycles. The maximum Gasteiger partial charge on any atom is 0.254 e. The molecule has 0 aliphatic carbocycles. The lowest BCUT2D eigenvalue weighted by molar-refractivity contribution is -0.146. The quantitative estimate of drug-likeness (QED) is 0.823. The molecular formula is C19H22N4O3. The molecule has 0 unspecified atom stereocenters. The molecule has 4 rings (SSSR count). The van der Waals surface area contributed by atoms with E-state index in [2.05, 4.69) is 14.9 Å². The van der Waals surface area contributed by atoms with Crippen molar-refractivity contribution in [2.45, 2.75) is 12.1 Å². The summed E-state index contributed by atoms with van der Waals surface area (Å²) in [7, 11) is 0. The molecule has 4 heterocycles. The lowest BCUT2D eigenvalue weighted by Gasteiger charge is -2.42. The standard InChI is InChI=1S/C19H22N4O3/c24-18-12-26-19(14-23(18)17-6-2-4-8-21-17)13-22(9-10-25-15-19)11-16-5-1-3-7-20-16/h1-8H,9-15H2/t19-/m0/s1. The zero-order chi connectivity index (χ0) is 17.8. The first-order valence-electron chi connectivity index (χ1n) is 8.80. The fourth-order valence-corrected chi connectivity index (χ4v) is 3.46. The predicted octanol–water partition coefficient (Wildman–Crippen LogP) is 1.11. The molecule has 0 N–H and O–H groups in total. The van der Waals surface area contributed by atoms with Gasteiger partial charge in [-0.05, 0) is 24.3 Å². The summed E-state index contributed by atoms with van der Waals surface area (Å²) in [4.78, 5) is 25.1. The lowest BCUT2D eigenvalue weighted by atomic mass is 10.0. The van der Waals surface area contributed by atoms with E-state index in [1.54, 1.807) is 17.3 Å². The van der Waals surface area contributed by atoms with Gasteiger partial charge in [0.15, 0.2) is 0 Å². The van der Waals surface area contributed by atoms with E-state index >= 15 is 0 Å². The summed E-state index contributed by atoms with van der Waals surface area (Å²) < 4.78 is 11.8. The van der Waals surface area contributed by atoms with Crippen LogP contribution in [0.3, 0.4) is 0 Å². The van der Waals surface area contributed by atoms with Gasteiger partial charge < -0.3 is 9.47 Å². The van der Waals surface area contributed by atoms with Crippen LogP contribution in [-0.2, 0) is 20.8 Å². The van der Waals surface area contributed by atoms with Gasteiger partial charge in [0.25, 0.3) is 5.91 Å². The minimum absolute atomic E-state index is 0.0390. The molecule has 2 aliphatic rings. The molecule has 1 amide bonds. The average molecular weight is 354 g/mol. The fourth-order valence-electron chi connectivity index (χ4n) is 3.46.